The average Bonchev–Trinajstić information content (AvgIpc) is 2.98. The smallest absolute Gasteiger partial charge is 0.325 e. The molecular weight excluding hydrogens is 314 g/mol. The van der Waals surface area contributed by atoms with Crippen molar-refractivity contribution in [3.63, 3.8) is 0 Å². The molecule has 0 radical (unpaired) electrons. The molecule has 9 heteroatoms. The first kappa shape index (κ1) is 19.6. The number of hydrogen-bond acceptors (Lipinski definition) is 5. The average molecular weight is 339 g/mol. The van der Waals surface area contributed by atoms with Crippen LogP contribution in [0.1, 0.15) is 32.9 Å². The third-order valence-electron chi connectivity index (χ3n) is 3.40. The van der Waals surface area contributed by atoms with Gasteiger partial charge in [-0.05, 0) is 19.3 Å². The summed E-state index contributed by atoms with van der Waals surface area (Å²) < 4.78 is 0. The molecule has 0 saturated heterocycles. The van der Waals surface area contributed by atoms with E-state index in [-0.39, 0.29) is 12.3 Å². The highest BCUT2D eigenvalue weighted by atomic mass is 16.4. The van der Waals surface area contributed by atoms with Gasteiger partial charge in [-0.15, -0.1) is 0 Å². The van der Waals surface area contributed by atoms with Gasteiger partial charge in [0.1, 0.15) is 12.1 Å². The van der Waals surface area contributed by atoms with Crippen molar-refractivity contribution in [3.05, 3.63) is 18.2 Å². The van der Waals surface area contributed by atoms with Crippen LogP contribution >= 0.6 is 0 Å². The molecular formula is C15H25N5O4. The molecule has 1 aromatic rings. The molecule has 0 bridgehead atoms. The standard InChI is InChI=1S/C15H25N5O4/c1-8(2)4-11(16)13(21)20-12(5-10-6-17-7-18-10)14(22)19-9(3)15(23)24/h6-9,11-12H,4-5,16H2,1-3H3,(H,17,18)(H,19,22)(H,20,21)(H,23,24)/t9-,11-,12-/m0/s1. The van der Waals surface area contributed by atoms with Gasteiger partial charge in [-0.25, -0.2) is 4.98 Å². The first-order valence-corrected chi connectivity index (χ1v) is 7.77. The summed E-state index contributed by atoms with van der Waals surface area (Å²) in [5.74, 6) is -1.97. The van der Waals surface area contributed by atoms with Crippen molar-refractivity contribution in [2.75, 3.05) is 0 Å². The molecule has 9 nitrogen and oxygen atoms in total. The third-order valence-corrected chi connectivity index (χ3v) is 3.40. The van der Waals surface area contributed by atoms with E-state index in [1.54, 1.807) is 0 Å². The number of rotatable bonds is 9. The number of aromatic amines is 1. The van der Waals surface area contributed by atoms with Crippen molar-refractivity contribution < 1.29 is 19.5 Å². The molecule has 134 valence electrons. The number of amides is 2. The van der Waals surface area contributed by atoms with Gasteiger partial charge >= 0.3 is 5.97 Å². The SMILES string of the molecule is CC(C)C[C@H](N)C(=O)N[C@@H](Cc1cnc[nH]1)C(=O)N[C@@H](C)C(=O)O. The number of nitrogens with zero attached hydrogens (tertiary/aromatic N) is 1. The summed E-state index contributed by atoms with van der Waals surface area (Å²) in [6.45, 7) is 5.23. The van der Waals surface area contributed by atoms with Crippen LogP contribution in [0, 0.1) is 5.92 Å². The summed E-state index contributed by atoms with van der Waals surface area (Å²) in [6, 6.07) is -2.75. The van der Waals surface area contributed by atoms with Crippen molar-refractivity contribution in [3.8, 4) is 0 Å². The van der Waals surface area contributed by atoms with Crippen molar-refractivity contribution in [1.82, 2.24) is 20.6 Å². The van der Waals surface area contributed by atoms with Crippen LogP contribution in [0.2, 0.25) is 0 Å². The fourth-order valence-electron chi connectivity index (χ4n) is 2.09. The highest BCUT2D eigenvalue weighted by Crippen LogP contribution is 2.05. The molecule has 1 aromatic heterocycles. The molecule has 0 spiro atoms. The first-order valence-electron chi connectivity index (χ1n) is 7.77. The molecule has 6 N–H and O–H groups in total. The van der Waals surface area contributed by atoms with Crippen LogP contribution in [0.5, 0.6) is 0 Å². The molecule has 3 atom stereocenters. The molecule has 0 fully saturated rings. The Bertz CT molecular complexity index is 558. The van der Waals surface area contributed by atoms with E-state index in [1.165, 1.54) is 19.4 Å². The van der Waals surface area contributed by atoms with Gasteiger partial charge in [0, 0.05) is 18.3 Å². The molecule has 0 aliphatic heterocycles. The van der Waals surface area contributed by atoms with Gasteiger partial charge in [0.2, 0.25) is 11.8 Å². The quantitative estimate of drug-likeness (QED) is 0.405. The van der Waals surface area contributed by atoms with E-state index in [4.69, 9.17) is 10.8 Å². The minimum atomic E-state index is -1.16. The summed E-state index contributed by atoms with van der Waals surface area (Å²) in [6.07, 6.45) is 3.62. The molecule has 1 rings (SSSR count). The summed E-state index contributed by atoms with van der Waals surface area (Å²) in [4.78, 5) is 42.1. The van der Waals surface area contributed by atoms with Gasteiger partial charge in [-0.3, -0.25) is 14.4 Å². The van der Waals surface area contributed by atoms with E-state index in [1.807, 2.05) is 13.8 Å². The monoisotopic (exact) mass is 339 g/mol. The van der Waals surface area contributed by atoms with E-state index in [9.17, 15) is 14.4 Å². The minimum Gasteiger partial charge on any atom is -0.480 e. The van der Waals surface area contributed by atoms with Gasteiger partial charge < -0.3 is 26.5 Å². The van der Waals surface area contributed by atoms with Crippen molar-refractivity contribution >= 4 is 17.8 Å². The van der Waals surface area contributed by atoms with E-state index >= 15 is 0 Å². The second-order valence-corrected chi connectivity index (χ2v) is 6.15. The third kappa shape index (κ3) is 6.37. The zero-order valence-corrected chi connectivity index (χ0v) is 14.1. The van der Waals surface area contributed by atoms with Crippen LogP contribution in [-0.4, -0.2) is 51.0 Å². The second-order valence-electron chi connectivity index (χ2n) is 6.15. The predicted molar refractivity (Wildman–Crippen MR) is 86.9 cm³/mol. The summed E-state index contributed by atoms with van der Waals surface area (Å²) in [5.41, 5.74) is 6.47. The number of carboxylic acids is 1. The molecule has 24 heavy (non-hydrogen) atoms. The van der Waals surface area contributed by atoms with Gasteiger partial charge in [0.15, 0.2) is 0 Å². The predicted octanol–water partition coefficient (Wildman–Crippen LogP) is -0.600. The van der Waals surface area contributed by atoms with Crippen LogP contribution in [0.15, 0.2) is 12.5 Å². The fourth-order valence-corrected chi connectivity index (χ4v) is 2.09. The van der Waals surface area contributed by atoms with Gasteiger partial charge in [-0.2, -0.15) is 0 Å². The van der Waals surface area contributed by atoms with Gasteiger partial charge in [0.05, 0.1) is 12.4 Å². The topological polar surface area (TPSA) is 150 Å². The maximum Gasteiger partial charge on any atom is 0.325 e. The number of hydrogen-bond donors (Lipinski definition) is 5. The Kier molecular flexibility index (Phi) is 7.37. The number of nitrogens with one attached hydrogen (secondary N) is 3. The van der Waals surface area contributed by atoms with Gasteiger partial charge in [-0.1, -0.05) is 13.8 Å². The first-order chi connectivity index (χ1) is 11.2. The Morgan fingerprint density at radius 2 is 1.92 bits per heavy atom. The molecule has 0 saturated carbocycles. The van der Waals surface area contributed by atoms with Crippen LogP contribution in [-0.2, 0) is 20.8 Å². The molecule has 0 aliphatic rings. The normalized spacial score (nSPS) is 14.7. The van der Waals surface area contributed by atoms with Crippen molar-refractivity contribution in [1.29, 1.82) is 0 Å². The minimum absolute atomic E-state index is 0.151. The lowest BCUT2D eigenvalue weighted by atomic mass is 10.0. The summed E-state index contributed by atoms with van der Waals surface area (Å²) >= 11 is 0. The summed E-state index contributed by atoms with van der Waals surface area (Å²) in [7, 11) is 0. The lowest BCUT2D eigenvalue weighted by Gasteiger charge is -2.22. The van der Waals surface area contributed by atoms with Crippen LogP contribution in [0.4, 0.5) is 0 Å². The van der Waals surface area contributed by atoms with Gasteiger partial charge in [0.25, 0.3) is 0 Å². The Morgan fingerprint density at radius 1 is 1.25 bits per heavy atom. The van der Waals surface area contributed by atoms with E-state index in [2.05, 4.69) is 20.6 Å². The number of imidazole rings is 1. The van der Waals surface area contributed by atoms with E-state index in [0.29, 0.717) is 12.1 Å². The number of H-pyrrole nitrogens is 1. The zero-order chi connectivity index (χ0) is 18.3. The number of carbonyl (C=O) groups is 3. The number of aliphatic carboxylic acids is 1. The Morgan fingerprint density at radius 3 is 2.42 bits per heavy atom. The van der Waals surface area contributed by atoms with Crippen LogP contribution in [0.3, 0.4) is 0 Å². The Labute approximate surface area is 140 Å². The lowest BCUT2D eigenvalue weighted by molar-refractivity contribution is -0.141. The van der Waals surface area contributed by atoms with E-state index < -0.39 is 35.9 Å². The van der Waals surface area contributed by atoms with Crippen molar-refractivity contribution in [2.24, 2.45) is 11.7 Å². The largest absolute Gasteiger partial charge is 0.480 e. The molecule has 0 aromatic carbocycles. The number of carboxylic acid groups (broad SMARTS) is 1. The second kappa shape index (κ2) is 9.02. The number of carbonyl (C=O) groups excluding carboxylic acids is 2. The maximum absolute atomic E-state index is 12.3. The molecule has 1 heterocycles. The maximum atomic E-state index is 12.3. The van der Waals surface area contributed by atoms with Crippen LogP contribution in [0.25, 0.3) is 0 Å². The van der Waals surface area contributed by atoms with Crippen molar-refractivity contribution in [2.45, 2.75) is 51.7 Å². The fraction of sp³-hybridized carbons (Fsp3) is 0.600. The highest BCUT2D eigenvalue weighted by molar-refractivity contribution is 5.91. The highest BCUT2D eigenvalue weighted by Gasteiger charge is 2.27. The molecule has 2 amide bonds. The van der Waals surface area contributed by atoms with Crippen LogP contribution < -0.4 is 16.4 Å². The summed E-state index contributed by atoms with van der Waals surface area (Å²) in [5, 5.41) is 13.8. The number of nitrogens with two attached hydrogens (primary N) is 1. The zero-order valence-electron chi connectivity index (χ0n) is 14.1. The Balaban J connectivity index is 2.79. The number of aromatic nitrogens is 2. The van der Waals surface area contributed by atoms with E-state index in [0.717, 1.165) is 0 Å². The molecule has 0 aliphatic carbocycles. The molecule has 0 unspecified atom stereocenters. The lowest BCUT2D eigenvalue weighted by Crippen LogP contribution is -2.54. The Hall–Kier alpha value is -2.42.